The SMILES string of the molecule is CNC(C)C(F)CCC(C)C. The molecule has 0 amide bonds. The molecular formula is C9H20FN. The monoisotopic (exact) mass is 161 g/mol. The number of nitrogens with one attached hydrogen (secondary N) is 1. The Morgan fingerprint density at radius 1 is 1.18 bits per heavy atom. The second-order valence-electron chi connectivity index (χ2n) is 3.56. The predicted molar refractivity (Wildman–Crippen MR) is 47.5 cm³/mol. The van der Waals surface area contributed by atoms with Gasteiger partial charge >= 0.3 is 0 Å². The van der Waals surface area contributed by atoms with E-state index in [0.29, 0.717) is 12.3 Å². The Hall–Kier alpha value is -0.110. The first-order valence-electron chi connectivity index (χ1n) is 4.39. The number of alkyl halides is 1. The van der Waals surface area contributed by atoms with Gasteiger partial charge in [-0.3, -0.25) is 0 Å². The van der Waals surface area contributed by atoms with E-state index in [2.05, 4.69) is 19.2 Å². The molecule has 68 valence electrons. The molecule has 0 aromatic heterocycles. The van der Waals surface area contributed by atoms with Crippen molar-refractivity contribution in [1.29, 1.82) is 0 Å². The van der Waals surface area contributed by atoms with Crippen LogP contribution in [0.1, 0.15) is 33.6 Å². The van der Waals surface area contributed by atoms with Gasteiger partial charge in [0.05, 0.1) is 0 Å². The first kappa shape index (κ1) is 10.9. The average Bonchev–Trinajstić information content (AvgIpc) is 1.98. The van der Waals surface area contributed by atoms with Gasteiger partial charge in [0.15, 0.2) is 0 Å². The summed E-state index contributed by atoms with van der Waals surface area (Å²) in [6, 6.07) is -0.00579. The van der Waals surface area contributed by atoms with Crippen molar-refractivity contribution < 1.29 is 4.39 Å². The molecule has 1 nitrogen and oxygen atoms in total. The molecule has 2 unspecified atom stereocenters. The highest BCUT2D eigenvalue weighted by Crippen LogP contribution is 2.11. The maximum atomic E-state index is 13.1. The molecule has 0 bridgehead atoms. The van der Waals surface area contributed by atoms with Gasteiger partial charge in [-0.25, -0.2) is 4.39 Å². The van der Waals surface area contributed by atoms with Crippen molar-refractivity contribution in [1.82, 2.24) is 5.32 Å². The Labute approximate surface area is 69.4 Å². The standard InChI is InChI=1S/C9H20FN/c1-7(2)5-6-9(10)8(3)11-4/h7-9,11H,5-6H2,1-4H3. The summed E-state index contributed by atoms with van der Waals surface area (Å²) in [5.41, 5.74) is 0. The van der Waals surface area contributed by atoms with Crippen LogP contribution < -0.4 is 5.32 Å². The lowest BCUT2D eigenvalue weighted by atomic mass is 10.0. The Bertz CT molecular complexity index is 93.6. The van der Waals surface area contributed by atoms with Gasteiger partial charge in [-0.05, 0) is 32.7 Å². The first-order valence-corrected chi connectivity index (χ1v) is 4.39. The van der Waals surface area contributed by atoms with E-state index in [1.165, 1.54) is 0 Å². The van der Waals surface area contributed by atoms with Crippen LogP contribution in [0.2, 0.25) is 0 Å². The van der Waals surface area contributed by atoms with Crippen molar-refractivity contribution in [2.45, 2.75) is 45.8 Å². The highest BCUT2D eigenvalue weighted by atomic mass is 19.1. The van der Waals surface area contributed by atoms with Crippen LogP contribution in [0.3, 0.4) is 0 Å². The van der Waals surface area contributed by atoms with Crippen LogP contribution in [0, 0.1) is 5.92 Å². The minimum atomic E-state index is -0.692. The second kappa shape index (κ2) is 5.53. The van der Waals surface area contributed by atoms with Crippen molar-refractivity contribution in [2.24, 2.45) is 5.92 Å². The Morgan fingerprint density at radius 2 is 1.73 bits per heavy atom. The third kappa shape index (κ3) is 5.19. The van der Waals surface area contributed by atoms with Crippen LogP contribution in [0.4, 0.5) is 4.39 Å². The molecule has 0 saturated carbocycles. The van der Waals surface area contributed by atoms with E-state index in [4.69, 9.17) is 0 Å². The molecule has 0 radical (unpaired) electrons. The molecule has 0 aliphatic heterocycles. The predicted octanol–water partition coefficient (Wildman–Crippen LogP) is 2.37. The fourth-order valence-corrected chi connectivity index (χ4v) is 0.923. The van der Waals surface area contributed by atoms with Crippen molar-refractivity contribution in [3.63, 3.8) is 0 Å². The highest BCUT2D eigenvalue weighted by Gasteiger charge is 2.13. The second-order valence-corrected chi connectivity index (χ2v) is 3.56. The fourth-order valence-electron chi connectivity index (χ4n) is 0.923. The Balaban J connectivity index is 3.43. The minimum Gasteiger partial charge on any atom is -0.314 e. The van der Waals surface area contributed by atoms with Crippen molar-refractivity contribution >= 4 is 0 Å². The third-order valence-corrected chi connectivity index (χ3v) is 2.02. The lowest BCUT2D eigenvalue weighted by Gasteiger charge is -2.16. The molecule has 11 heavy (non-hydrogen) atoms. The van der Waals surface area contributed by atoms with E-state index in [1.807, 2.05) is 6.92 Å². The molecule has 0 fully saturated rings. The molecule has 0 rings (SSSR count). The van der Waals surface area contributed by atoms with E-state index < -0.39 is 6.17 Å². The normalized spacial score (nSPS) is 16.9. The quantitative estimate of drug-likeness (QED) is 0.652. The summed E-state index contributed by atoms with van der Waals surface area (Å²) >= 11 is 0. The van der Waals surface area contributed by atoms with Crippen LogP contribution in [-0.2, 0) is 0 Å². The largest absolute Gasteiger partial charge is 0.314 e. The molecule has 0 spiro atoms. The zero-order valence-electron chi connectivity index (χ0n) is 8.02. The van der Waals surface area contributed by atoms with E-state index in [1.54, 1.807) is 7.05 Å². The maximum absolute atomic E-state index is 13.1. The summed E-state index contributed by atoms with van der Waals surface area (Å²) in [6.45, 7) is 6.12. The van der Waals surface area contributed by atoms with Gasteiger partial charge in [-0.1, -0.05) is 13.8 Å². The third-order valence-electron chi connectivity index (χ3n) is 2.02. The van der Waals surface area contributed by atoms with E-state index >= 15 is 0 Å². The minimum absolute atomic E-state index is 0.00579. The van der Waals surface area contributed by atoms with Crippen LogP contribution in [0.25, 0.3) is 0 Å². The summed E-state index contributed by atoms with van der Waals surface area (Å²) in [5, 5.41) is 2.91. The lowest BCUT2D eigenvalue weighted by molar-refractivity contribution is 0.240. The summed E-state index contributed by atoms with van der Waals surface area (Å²) < 4.78 is 13.1. The lowest BCUT2D eigenvalue weighted by Crippen LogP contribution is -2.31. The smallest absolute Gasteiger partial charge is 0.115 e. The molecule has 2 heteroatoms. The summed E-state index contributed by atoms with van der Waals surface area (Å²) in [5.74, 6) is 0.609. The van der Waals surface area contributed by atoms with Crippen molar-refractivity contribution in [3.05, 3.63) is 0 Å². The highest BCUT2D eigenvalue weighted by molar-refractivity contribution is 4.69. The van der Waals surface area contributed by atoms with Gasteiger partial charge in [0.1, 0.15) is 6.17 Å². The van der Waals surface area contributed by atoms with E-state index in [-0.39, 0.29) is 6.04 Å². The molecular weight excluding hydrogens is 141 g/mol. The van der Waals surface area contributed by atoms with Crippen LogP contribution in [-0.4, -0.2) is 19.3 Å². The Kier molecular flexibility index (Phi) is 5.47. The van der Waals surface area contributed by atoms with Gasteiger partial charge in [-0.15, -0.1) is 0 Å². The van der Waals surface area contributed by atoms with Gasteiger partial charge in [0.2, 0.25) is 0 Å². The van der Waals surface area contributed by atoms with Gasteiger partial charge in [0.25, 0.3) is 0 Å². The first-order chi connectivity index (χ1) is 5.07. The maximum Gasteiger partial charge on any atom is 0.115 e. The van der Waals surface area contributed by atoms with Crippen molar-refractivity contribution in [3.8, 4) is 0 Å². The van der Waals surface area contributed by atoms with Gasteiger partial charge in [-0.2, -0.15) is 0 Å². The van der Waals surface area contributed by atoms with Crippen LogP contribution in [0.5, 0.6) is 0 Å². The fraction of sp³-hybridized carbons (Fsp3) is 1.00. The van der Waals surface area contributed by atoms with E-state index in [0.717, 1.165) is 6.42 Å². The molecule has 0 saturated heterocycles. The van der Waals surface area contributed by atoms with Gasteiger partial charge < -0.3 is 5.32 Å². The number of rotatable bonds is 5. The molecule has 2 atom stereocenters. The zero-order valence-corrected chi connectivity index (χ0v) is 8.02. The van der Waals surface area contributed by atoms with Crippen LogP contribution in [0.15, 0.2) is 0 Å². The number of hydrogen-bond acceptors (Lipinski definition) is 1. The molecule has 0 aromatic carbocycles. The molecule has 0 heterocycles. The van der Waals surface area contributed by atoms with Crippen LogP contribution >= 0.6 is 0 Å². The topological polar surface area (TPSA) is 12.0 Å². The van der Waals surface area contributed by atoms with Gasteiger partial charge in [0, 0.05) is 6.04 Å². The number of halogens is 1. The summed E-state index contributed by atoms with van der Waals surface area (Å²) in [6.07, 6.45) is 0.967. The van der Waals surface area contributed by atoms with E-state index in [9.17, 15) is 4.39 Å². The zero-order chi connectivity index (χ0) is 8.85. The summed E-state index contributed by atoms with van der Waals surface area (Å²) in [4.78, 5) is 0. The Morgan fingerprint density at radius 3 is 2.09 bits per heavy atom. The molecule has 1 N–H and O–H groups in total. The molecule has 0 aliphatic carbocycles. The molecule has 0 aromatic rings. The van der Waals surface area contributed by atoms with Crippen molar-refractivity contribution in [2.75, 3.05) is 7.05 Å². The summed E-state index contributed by atoms with van der Waals surface area (Å²) in [7, 11) is 1.80. The molecule has 0 aliphatic rings. The number of hydrogen-bond donors (Lipinski definition) is 1. The average molecular weight is 161 g/mol.